The summed E-state index contributed by atoms with van der Waals surface area (Å²) >= 11 is 24.8. The van der Waals surface area contributed by atoms with E-state index in [1.807, 2.05) is 0 Å². The molecule has 1 heterocycles. The molecule has 1 N–H and O–H groups in total. The summed E-state index contributed by atoms with van der Waals surface area (Å²) in [5, 5.41) is 4.38. The minimum Gasteiger partial charge on any atom is -0.481 e. The highest BCUT2D eigenvalue weighted by atomic mass is 35.5. The van der Waals surface area contributed by atoms with E-state index in [4.69, 9.17) is 55.6 Å². The van der Waals surface area contributed by atoms with Crippen LogP contribution in [0.1, 0.15) is 11.1 Å². The maximum absolute atomic E-state index is 12.4. The topological polar surface area (TPSA) is 64.4 Å². The van der Waals surface area contributed by atoms with Crippen molar-refractivity contribution in [1.29, 1.82) is 0 Å². The molecule has 4 rings (SSSR count). The van der Waals surface area contributed by atoms with E-state index < -0.39 is 0 Å². The van der Waals surface area contributed by atoms with Gasteiger partial charge in [0, 0.05) is 21.3 Å². The first-order chi connectivity index (χ1) is 15.2. The molecule has 1 aromatic heterocycles. The van der Waals surface area contributed by atoms with E-state index in [-0.39, 0.29) is 28.3 Å². The van der Waals surface area contributed by atoms with E-state index in [0.29, 0.717) is 43.9 Å². The van der Waals surface area contributed by atoms with Gasteiger partial charge in [-0.25, -0.2) is 4.98 Å². The number of ether oxygens (including phenoxy) is 1. The first kappa shape index (κ1) is 22.7. The van der Waals surface area contributed by atoms with Crippen molar-refractivity contribution in [2.75, 3.05) is 11.9 Å². The molecule has 0 radical (unpaired) electrons. The number of fused-ring (bicyclic) bond motifs is 1. The molecule has 0 saturated heterocycles. The summed E-state index contributed by atoms with van der Waals surface area (Å²) < 4.78 is 11.3. The van der Waals surface area contributed by atoms with Gasteiger partial charge < -0.3 is 14.5 Å². The van der Waals surface area contributed by atoms with Crippen LogP contribution in [0.25, 0.3) is 22.6 Å². The molecule has 4 aromatic rings. The van der Waals surface area contributed by atoms with Gasteiger partial charge in [0.05, 0.1) is 10.0 Å². The average molecular weight is 510 g/mol. The third-order valence-corrected chi connectivity index (χ3v) is 6.54. The predicted octanol–water partition coefficient (Wildman–Crippen LogP) is 7.74. The van der Waals surface area contributed by atoms with E-state index in [0.717, 1.165) is 5.56 Å². The van der Waals surface area contributed by atoms with E-state index in [9.17, 15) is 4.79 Å². The number of oxazole rings is 1. The number of amides is 1. The Morgan fingerprint density at radius 3 is 2.28 bits per heavy atom. The lowest BCUT2D eigenvalue weighted by Crippen LogP contribution is -2.20. The normalized spacial score (nSPS) is 11.1. The average Bonchev–Trinajstić information content (AvgIpc) is 3.20. The van der Waals surface area contributed by atoms with Crippen LogP contribution < -0.4 is 10.1 Å². The second-order valence-corrected chi connectivity index (χ2v) is 8.64. The predicted molar refractivity (Wildman–Crippen MR) is 130 cm³/mol. The molecule has 0 bridgehead atoms. The zero-order chi connectivity index (χ0) is 23.0. The molecular formula is C23H16Cl4N2O3. The van der Waals surface area contributed by atoms with Crippen LogP contribution in [-0.4, -0.2) is 17.5 Å². The lowest BCUT2D eigenvalue weighted by molar-refractivity contribution is -0.118. The van der Waals surface area contributed by atoms with Crippen molar-refractivity contribution in [1.82, 2.24) is 4.98 Å². The summed E-state index contributed by atoms with van der Waals surface area (Å²) in [5.74, 6) is 0.321. The van der Waals surface area contributed by atoms with Gasteiger partial charge in [0.2, 0.25) is 5.89 Å². The van der Waals surface area contributed by atoms with Crippen LogP contribution in [0.2, 0.25) is 20.1 Å². The van der Waals surface area contributed by atoms with Gasteiger partial charge in [-0.1, -0.05) is 46.4 Å². The molecule has 32 heavy (non-hydrogen) atoms. The molecule has 1 amide bonds. The molecule has 5 nitrogen and oxygen atoms in total. The van der Waals surface area contributed by atoms with Crippen LogP contribution in [0.4, 0.5) is 5.69 Å². The molecule has 0 spiro atoms. The van der Waals surface area contributed by atoms with E-state index in [1.165, 1.54) is 0 Å². The Labute approximate surface area is 204 Å². The first-order valence-corrected chi connectivity index (χ1v) is 11.0. The monoisotopic (exact) mass is 508 g/mol. The highest BCUT2D eigenvalue weighted by Crippen LogP contribution is 2.42. The second-order valence-electron chi connectivity index (χ2n) is 7.07. The Morgan fingerprint density at radius 2 is 1.62 bits per heavy atom. The zero-order valence-corrected chi connectivity index (χ0v) is 20.0. The fraction of sp³-hybridized carbons (Fsp3) is 0.130. The third kappa shape index (κ3) is 4.52. The summed E-state index contributed by atoms with van der Waals surface area (Å²) in [7, 11) is 0. The fourth-order valence-electron chi connectivity index (χ4n) is 3.09. The van der Waals surface area contributed by atoms with Crippen LogP contribution in [0, 0.1) is 13.8 Å². The highest BCUT2D eigenvalue weighted by molar-refractivity contribution is 6.42. The Balaban J connectivity index is 1.43. The molecule has 164 valence electrons. The van der Waals surface area contributed by atoms with Crippen molar-refractivity contribution in [3.05, 3.63) is 73.7 Å². The van der Waals surface area contributed by atoms with Gasteiger partial charge in [0.25, 0.3) is 5.91 Å². The molecule has 0 unspecified atom stereocenters. The highest BCUT2D eigenvalue weighted by Gasteiger charge is 2.19. The van der Waals surface area contributed by atoms with Gasteiger partial charge in [-0.15, -0.1) is 0 Å². The zero-order valence-electron chi connectivity index (χ0n) is 16.9. The molecule has 0 fully saturated rings. The molecule has 3 aromatic carbocycles. The Kier molecular flexibility index (Phi) is 6.54. The van der Waals surface area contributed by atoms with Crippen molar-refractivity contribution >= 4 is 69.1 Å². The first-order valence-electron chi connectivity index (χ1n) is 9.47. The van der Waals surface area contributed by atoms with Gasteiger partial charge in [-0.2, -0.15) is 0 Å². The number of halogens is 4. The lowest BCUT2D eigenvalue weighted by atomic mass is 10.1. The van der Waals surface area contributed by atoms with E-state index in [2.05, 4.69) is 10.3 Å². The van der Waals surface area contributed by atoms with Crippen LogP contribution >= 0.6 is 46.4 Å². The number of nitrogens with zero attached hydrogens (tertiary/aromatic N) is 1. The van der Waals surface area contributed by atoms with Crippen LogP contribution in [0.3, 0.4) is 0 Å². The van der Waals surface area contributed by atoms with Gasteiger partial charge in [-0.3, -0.25) is 4.79 Å². The summed E-state index contributed by atoms with van der Waals surface area (Å²) in [5.41, 5.74) is 3.95. The fourth-order valence-corrected chi connectivity index (χ4v) is 4.08. The minimum absolute atomic E-state index is 0.231. The van der Waals surface area contributed by atoms with E-state index in [1.54, 1.807) is 56.3 Å². The molecule has 0 aliphatic carbocycles. The molecule has 0 saturated carbocycles. The van der Waals surface area contributed by atoms with E-state index >= 15 is 0 Å². The molecule has 0 atom stereocenters. The van der Waals surface area contributed by atoms with Crippen molar-refractivity contribution in [3.8, 4) is 17.2 Å². The summed E-state index contributed by atoms with van der Waals surface area (Å²) in [6.45, 7) is 3.25. The van der Waals surface area contributed by atoms with Gasteiger partial charge in [0.1, 0.15) is 5.52 Å². The van der Waals surface area contributed by atoms with Crippen LogP contribution in [0.15, 0.2) is 46.9 Å². The van der Waals surface area contributed by atoms with Crippen molar-refractivity contribution in [2.45, 2.75) is 13.8 Å². The summed E-state index contributed by atoms with van der Waals surface area (Å²) in [6.07, 6.45) is 0. The van der Waals surface area contributed by atoms with Gasteiger partial charge in [-0.05, 0) is 67.4 Å². The van der Waals surface area contributed by atoms with Crippen LogP contribution in [-0.2, 0) is 4.79 Å². The smallest absolute Gasteiger partial charge is 0.262 e. The number of carbonyl (C=O) groups is 1. The molecule has 0 aliphatic rings. The van der Waals surface area contributed by atoms with Crippen molar-refractivity contribution in [2.24, 2.45) is 0 Å². The lowest BCUT2D eigenvalue weighted by Gasteiger charge is -2.15. The quantitative estimate of drug-likeness (QED) is 0.298. The number of hydrogen-bond acceptors (Lipinski definition) is 4. The number of carbonyl (C=O) groups excluding carboxylic acids is 1. The Hall–Kier alpha value is -2.44. The largest absolute Gasteiger partial charge is 0.481 e. The number of aromatic nitrogens is 1. The van der Waals surface area contributed by atoms with Crippen LogP contribution in [0.5, 0.6) is 5.75 Å². The number of rotatable bonds is 5. The SMILES string of the molecule is Cc1c(Cl)c(C)c(Cl)c(OCC(=O)Nc2ccc(-c3nc4cc(Cl)ccc4o3)cc2)c1Cl. The molecule has 9 heteroatoms. The van der Waals surface area contributed by atoms with Gasteiger partial charge in [0.15, 0.2) is 17.9 Å². The number of hydrogen-bond donors (Lipinski definition) is 1. The third-order valence-electron chi connectivity index (χ3n) is 4.83. The number of anilines is 1. The maximum atomic E-state index is 12.4. The maximum Gasteiger partial charge on any atom is 0.262 e. The Bertz CT molecular complexity index is 1300. The number of benzene rings is 3. The second kappa shape index (κ2) is 9.20. The Morgan fingerprint density at radius 1 is 0.969 bits per heavy atom. The van der Waals surface area contributed by atoms with Gasteiger partial charge >= 0.3 is 0 Å². The van der Waals surface area contributed by atoms with Crippen molar-refractivity contribution in [3.63, 3.8) is 0 Å². The minimum atomic E-state index is -0.369. The summed E-state index contributed by atoms with van der Waals surface area (Å²) in [6, 6.07) is 12.3. The number of nitrogens with one attached hydrogen (secondary N) is 1. The summed E-state index contributed by atoms with van der Waals surface area (Å²) in [4.78, 5) is 16.8. The van der Waals surface area contributed by atoms with Crippen molar-refractivity contribution < 1.29 is 13.9 Å². The standard InChI is InChI=1S/C23H16Cl4N2O3/c1-11-19(25)12(2)21(27)22(20(11)26)31-10-18(30)28-15-6-3-13(4-7-15)23-29-16-9-14(24)5-8-17(16)32-23/h3-9H,10H2,1-2H3,(H,28,30). The molecule has 0 aliphatic heterocycles. The molecular weight excluding hydrogens is 494 g/mol.